The first-order chi connectivity index (χ1) is 9.19. The molecule has 1 rings (SSSR count). The highest BCUT2D eigenvalue weighted by Gasteiger charge is 2.20. The lowest BCUT2D eigenvalue weighted by atomic mass is 10.0. The van der Waals surface area contributed by atoms with Crippen LogP contribution in [0.25, 0.3) is 0 Å². The Balaban J connectivity index is 3.19. The van der Waals surface area contributed by atoms with E-state index in [1.165, 1.54) is 7.11 Å². The molecule has 0 fully saturated rings. The quantitative estimate of drug-likeness (QED) is 0.860. The highest BCUT2D eigenvalue weighted by molar-refractivity contribution is 5.92. The molecule has 5 heteroatoms. The number of aldehydes is 1. The molecule has 0 saturated heterocycles. The van der Waals surface area contributed by atoms with Crippen LogP contribution in [0.5, 0.6) is 5.75 Å². The first-order valence-electron chi connectivity index (χ1n) is 6.33. The molecular weight excluding hydrogens is 258 g/mol. The Morgan fingerprint density at radius 3 is 2.35 bits per heavy atom. The summed E-state index contributed by atoms with van der Waals surface area (Å²) in [5.41, 5.74) is 1.79. The first kappa shape index (κ1) is 16.0. The van der Waals surface area contributed by atoms with Crippen molar-refractivity contribution in [1.82, 2.24) is 0 Å². The molecule has 0 spiro atoms. The summed E-state index contributed by atoms with van der Waals surface area (Å²) < 4.78 is 10.5. The predicted octanol–water partition coefficient (Wildman–Crippen LogP) is 3.47. The maximum Gasteiger partial charge on any atom is 0.412 e. The molecule has 0 bridgehead atoms. The standard InChI is InChI=1S/C15H21NO4/c1-9-7-11(8-17)10(2)12(13(9)19-6)16-14(18)20-15(3,4)5/h7-8H,1-6H3,(H,16,18). The van der Waals surface area contributed by atoms with E-state index in [-0.39, 0.29) is 0 Å². The van der Waals surface area contributed by atoms with Gasteiger partial charge in [-0.05, 0) is 51.8 Å². The molecule has 110 valence electrons. The summed E-state index contributed by atoms with van der Waals surface area (Å²) in [4.78, 5) is 22.9. The molecule has 1 aromatic carbocycles. The van der Waals surface area contributed by atoms with E-state index < -0.39 is 11.7 Å². The summed E-state index contributed by atoms with van der Waals surface area (Å²) in [6.07, 6.45) is 0.170. The highest BCUT2D eigenvalue weighted by Crippen LogP contribution is 2.34. The van der Waals surface area contributed by atoms with Gasteiger partial charge < -0.3 is 9.47 Å². The number of carbonyl (C=O) groups excluding carboxylic acids is 2. The largest absolute Gasteiger partial charge is 0.494 e. The third-order valence-corrected chi connectivity index (χ3v) is 2.72. The van der Waals surface area contributed by atoms with Gasteiger partial charge in [-0.1, -0.05) is 0 Å². The average Bonchev–Trinajstić information content (AvgIpc) is 2.31. The molecule has 0 saturated carbocycles. The van der Waals surface area contributed by atoms with Crippen molar-refractivity contribution < 1.29 is 19.1 Å². The van der Waals surface area contributed by atoms with E-state index in [0.29, 0.717) is 22.6 Å². The lowest BCUT2D eigenvalue weighted by Crippen LogP contribution is -2.27. The fourth-order valence-corrected chi connectivity index (χ4v) is 1.86. The normalized spacial score (nSPS) is 10.9. The van der Waals surface area contributed by atoms with Crippen LogP contribution < -0.4 is 10.1 Å². The van der Waals surface area contributed by atoms with E-state index in [1.807, 2.05) is 6.92 Å². The fourth-order valence-electron chi connectivity index (χ4n) is 1.86. The number of nitrogens with one attached hydrogen (secondary N) is 1. The summed E-state index contributed by atoms with van der Waals surface area (Å²) in [6.45, 7) is 8.90. The smallest absolute Gasteiger partial charge is 0.412 e. The molecule has 5 nitrogen and oxygen atoms in total. The summed E-state index contributed by atoms with van der Waals surface area (Å²) in [6, 6.07) is 1.72. The summed E-state index contributed by atoms with van der Waals surface area (Å²) in [5.74, 6) is 0.527. The Morgan fingerprint density at radius 1 is 1.30 bits per heavy atom. The molecule has 20 heavy (non-hydrogen) atoms. The van der Waals surface area contributed by atoms with Gasteiger partial charge in [0.1, 0.15) is 17.6 Å². The van der Waals surface area contributed by atoms with Crippen LogP contribution >= 0.6 is 0 Å². The SMILES string of the molecule is COc1c(C)cc(C=O)c(C)c1NC(=O)OC(C)(C)C. The highest BCUT2D eigenvalue weighted by atomic mass is 16.6. The van der Waals surface area contributed by atoms with Gasteiger partial charge in [-0.2, -0.15) is 0 Å². The molecular formula is C15H21NO4. The second kappa shape index (κ2) is 5.94. The first-order valence-corrected chi connectivity index (χ1v) is 6.33. The van der Waals surface area contributed by atoms with E-state index >= 15 is 0 Å². The molecule has 1 N–H and O–H groups in total. The number of hydrogen-bond acceptors (Lipinski definition) is 4. The summed E-state index contributed by atoms with van der Waals surface area (Å²) in [7, 11) is 1.52. The molecule has 0 heterocycles. The molecule has 0 atom stereocenters. The molecule has 0 aliphatic heterocycles. The van der Waals surface area contributed by atoms with Gasteiger partial charge in [0.05, 0.1) is 12.8 Å². The number of aryl methyl sites for hydroxylation is 1. The number of benzene rings is 1. The molecule has 0 radical (unpaired) electrons. The van der Waals surface area contributed by atoms with Gasteiger partial charge in [0.15, 0.2) is 0 Å². The monoisotopic (exact) mass is 279 g/mol. The average molecular weight is 279 g/mol. The van der Waals surface area contributed by atoms with Crippen LogP contribution in [0.3, 0.4) is 0 Å². The van der Waals surface area contributed by atoms with Gasteiger partial charge in [-0.3, -0.25) is 10.1 Å². The molecule has 1 amide bonds. The number of hydrogen-bond donors (Lipinski definition) is 1. The zero-order chi connectivity index (χ0) is 15.5. The van der Waals surface area contributed by atoms with Crippen molar-refractivity contribution in [3.05, 3.63) is 22.8 Å². The minimum Gasteiger partial charge on any atom is -0.494 e. The molecule has 0 unspecified atom stereocenters. The van der Waals surface area contributed by atoms with Crippen molar-refractivity contribution in [3.63, 3.8) is 0 Å². The predicted molar refractivity (Wildman–Crippen MR) is 77.7 cm³/mol. The topological polar surface area (TPSA) is 64.6 Å². The van der Waals surface area contributed by atoms with E-state index in [1.54, 1.807) is 33.8 Å². The van der Waals surface area contributed by atoms with Gasteiger partial charge in [0.25, 0.3) is 0 Å². The van der Waals surface area contributed by atoms with Gasteiger partial charge >= 0.3 is 6.09 Å². The third kappa shape index (κ3) is 3.73. The molecule has 0 aliphatic rings. The number of amides is 1. The van der Waals surface area contributed by atoms with Crippen molar-refractivity contribution in [2.24, 2.45) is 0 Å². The van der Waals surface area contributed by atoms with Crippen molar-refractivity contribution >= 4 is 18.1 Å². The Hall–Kier alpha value is -2.04. The maximum atomic E-state index is 11.9. The number of anilines is 1. The third-order valence-electron chi connectivity index (χ3n) is 2.72. The molecule has 0 aliphatic carbocycles. The van der Waals surface area contributed by atoms with Crippen LogP contribution in [-0.4, -0.2) is 25.1 Å². The van der Waals surface area contributed by atoms with Crippen LogP contribution in [0.4, 0.5) is 10.5 Å². The van der Waals surface area contributed by atoms with Crippen molar-refractivity contribution in [2.75, 3.05) is 12.4 Å². The maximum absolute atomic E-state index is 11.9. The van der Waals surface area contributed by atoms with Crippen molar-refractivity contribution in [1.29, 1.82) is 0 Å². The number of rotatable bonds is 3. The minimum absolute atomic E-state index is 0.462. The lowest BCUT2D eigenvalue weighted by Gasteiger charge is -2.22. The Labute approximate surface area is 119 Å². The van der Waals surface area contributed by atoms with Crippen LogP contribution in [-0.2, 0) is 4.74 Å². The minimum atomic E-state index is -0.595. The number of methoxy groups -OCH3 is 1. The van der Waals surface area contributed by atoms with Crippen LogP contribution in [0, 0.1) is 13.8 Å². The number of carbonyl (C=O) groups is 2. The van der Waals surface area contributed by atoms with Crippen molar-refractivity contribution in [3.8, 4) is 5.75 Å². The van der Waals surface area contributed by atoms with Crippen molar-refractivity contribution in [2.45, 2.75) is 40.2 Å². The Kier molecular flexibility index (Phi) is 4.76. The molecule has 0 aromatic heterocycles. The summed E-state index contributed by atoms with van der Waals surface area (Å²) in [5, 5.41) is 2.66. The van der Waals surface area contributed by atoms with Gasteiger partial charge in [0, 0.05) is 5.56 Å². The second-order valence-corrected chi connectivity index (χ2v) is 5.56. The van der Waals surface area contributed by atoms with Gasteiger partial charge in [0.2, 0.25) is 0 Å². The van der Waals surface area contributed by atoms with Crippen LogP contribution in [0.2, 0.25) is 0 Å². The van der Waals surface area contributed by atoms with Crippen LogP contribution in [0.1, 0.15) is 42.3 Å². The van der Waals surface area contributed by atoms with E-state index in [2.05, 4.69) is 5.32 Å². The molecule has 1 aromatic rings. The van der Waals surface area contributed by atoms with Gasteiger partial charge in [-0.25, -0.2) is 4.79 Å². The number of ether oxygens (including phenoxy) is 2. The second-order valence-electron chi connectivity index (χ2n) is 5.56. The Bertz CT molecular complexity index is 530. The van der Waals surface area contributed by atoms with E-state index in [4.69, 9.17) is 9.47 Å². The fraction of sp³-hybridized carbons (Fsp3) is 0.467. The van der Waals surface area contributed by atoms with E-state index in [0.717, 1.165) is 11.8 Å². The zero-order valence-corrected chi connectivity index (χ0v) is 12.8. The summed E-state index contributed by atoms with van der Waals surface area (Å²) >= 11 is 0. The Morgan fingerprint density at radius 2 is 1.90 bits per heavy atom. The van der Waals surface area contributed by atoms with Crippen LogP contribution in [0.15, 0.2) is 6.07 Å². The van der Waals surface area contributed by atoms with Gasteiger partial charge in [-0.15, -0.1) is 0 Å². The van der Waals surface area contributed by atoms with E-state index in [9.17, 15) is 9.59 Å². The lowest BCUT2D eigenvalue weighted by molar-refractivity contribution is 0.0635. The zero-order valence-electron chi connectivity index (χ0n) is 12.8.